The molecule has 3 aromatic rings. The average molecular weight is 380 g/mol. The Bertz CT molecular complexity index is 976. The lowest BCUT2D eigenvalue weighted by molar-refractivity contribution is 0.578. The highest BCUT2D eigenvalue weighted by Crippen LogP contribution is 2.36. The Balaban J connectivity index is 1.73. The van der Waals surface area contributed by atoms with Crippen LogP contribution in [0.15, 0.2) is 91.5 Å². The first-order valence-corrected chi connectivity index (χ1v) is 10.6. The summed E-state index contributed by atoms with van der Waals surface area (Å²) in [6.07, 6.45) is 3.96. The molecule has 1 fully saturated rings. The summed E-state index contributed by atoms with van der Waals surface area (Å²) in [4.78, 5) is 2.51. The molecule has 0 saturated carbocycles. The summed E-state index contributed by atoms with van der Waals surface area (Å²) >= 11 is 0. The molecule has 0 unspecified atom stereocenters. The molecular formula is C28H29N. The molecule has 0 spiro atoms. The van der Waals surface area contributed by atoms with Gasteiger partial charge in [0.05, 0.1) is 0 Å². The molecular weight excluding hydrogens is 350 g/mol. The number of benzene rings is 3. The molecule has 0 aliphatic carbocycles. The third kappa shape index (κ3) is 4.35. The van der Waals surface area contributed by atoms with Crippen molar-refractivity contribution in [1.82, 2.24) is 0 Å². The van der Waals surface area contributed by atoms with Crippen molar-refractivity contribution in [3.05, 3.63) is 108 Å². The predicted octanol–water partition coefficient (Wildman–Crippen LogP) is 7.32. The summed E-state index contributed by atoms with van der Waals surface area (Å²) in [5.41, 5.74) is 8.49. The molecule has 1 saturated heterocycles. The van der Waals surface area contributed by atoms with Gasteiger partial charge in [-0.3, -0.25) is 0 Å². The summed E-state index contributed by atoms with van der Waals surface area (Å²) in [5, 5.41) is 0. The fourth-order valence-corrected chi connectivity index (χ4v) is 4.22. The van der Waals surface area contributed by atoms with Crippen LogP contribution in [0, 0.1) is 0 Å². The normalized spacial score (nSPS) is 15.0. The van der Waals surface area contributed by atoms with Gasteiger partial charge in [0.2, 0.25) is 0 Å². The van der Waals surface area contributed by atoms with Gasteiger partial charge in [-0.1, -0.05) is 79.4 Å². The Morgan fingerprint density at radius 2 is 1.21 bits per heavy atom. The minimum Gasteiger partial charge on any atom is -0.372 e. The van der Waals surface area contributed by atoms with Crippen molar-refractivity contribution in [3.8, 4) is 0 Å². The smallest absolute Gasteiger partial charge is 0.0366 e. The maximum atomic E-state index is 4.47. The molecule has 1 aliphatic rings. The van der Waals surface area contributed by atoms with E-state index in [4.69, 9.17) is 0 Å². The Morgan fingerprint density at radius 3 is 1.79 bits per heavy atom. The van der Waals surface area contributed by atoms with Crippen molar-refractivity contribution in [3.63, 3.8) is 0 Å². The van der Waals surface area contributed by atoms with Crippen molar-refractivity contribution in [2.75, 3.05) is 18.0 Å². The molecule has 4 rings (SSSR count). The summed E-state index contributed by atoms with van der Waals surface area (Å²) in [7, 11) is 0. The van der Waals surface area contributed by atoms with Crippen LogP contribution < -0.4 is 4.90 Å². The van der Waals surface area contributed by atoms with Gasteiger partial charge in [-0.2, -0.15) is 0 Å². The van der Waals surface area contributed by atoms with Crippen molar-refractivity contribution in [2.24, 2.45) is 0 Å². The van der Waals surface area contributed by atoms with Gasteiger partial charge in [0, 0.05) is 18.8 Å². The highest BCUT2D eigenvalue weighted by molar-refractivity contribution is 6.13. The minimum absolute atomic E-state index is 1.06. The zero-order valence-electron chi connectivity index (χ0n) is 17.3. The molecule has 1 aliphatic heterocycles. The van der Waals surface area contributed by atoms with Gasteiger partial charge in [-0.25, -0.2) is 0 Å². The second kappa shape index (κ2) is 8.96. The SMILES string of the molecule is C=C(/C(=C(\C)c1ccc(N2CCCCC2)cc1)c1ccccc1)c1ccccc1. The lowest BCUT2D eigenvalue weighted by Gasteiger charge is -2.29. The highest BCUT2D eigenvalue weighted by atomic mass is 15.1. The molecule has 0 atom stereocenters. The fraction of sp³-hybridized carbons (Fsp3) is 0.214. The lowest BCUT2D eigenvalue weighted by atomic mass is 9.87. The number of anilines is 1. The van der Waals surface area contributed by atoms with Crippen molar-refractivity contribution < 1.29 is 0 Å². The van der Waals surface area contributed by atoms with E-state index in [9.17, 15) is 0 Å². The van der Waals surface area contributed by atoms with Crippen LogP contribution in [0.4, 0.5) is 5.69 Å². The van der Waals surface area contributed by atoms with E-state index in [0.717, 1.165) is 11.1 Å². The van der Waals surface area contributed by atoms with Gasteiger partial charge in [-0.15, -0.1) is 0 Å². The molecule has 1 nitrogen and oxygen atoms in total. The van der Waals surface area contributed by atoms with E-state index >= 15 is 0 Å². The molecule has 0 N–H and O–H groups in total. The van der Waals surface area contributed by atoms with E-state index in [-0.39, 0.29) is 0 Å². The molecule has 1 heterocycles. The van der Waals surface area contributed by atoms with Crippen LogP contribution in [-0.2, 0) is 0 Å². The number of hydrogen-bond acceptors (Lipinski definition) is 1. The van der Waals surface area contributed by atoms with Crippen molar-refractivity contribution in [1.29, 1.82) is 0 Å². The van der Waals surface area contributed by atoms with Crippen LogP contribution in [0.5, 0.6) is 0 Å². The van der Waals surface area contributed by atoms with Gasteiger partial charge in [0.25, 0.3) is 0 Å². The van der Waals surface area contributed by atoms with Crippen LogP contribution in [0.25, 0.3) is 16.7 Å². The maximum Gasteiger partial charge on any atom is 0.0366 e. The molecule has 0 bridgehead atoms. The van der Waals surface area contributed by atoms with Gasteiger partial charge in [0.1, 0.15) is 0 Å². The van der Waals surface area contributed by atoms with Crippen LogP contribution in [0.1, 0.15) is 42.9 Å². The van der Waals surface area contributed by atoms with Crippen molar-refractivity contribution >= 4 is 22.4 Å². The van der Waals surface area contributed by atoms with Crippen LogP contribution in [0.3, 0.4) is 0 Å². The lowest BCUT2D eigenvalue weighted by Crippen LogP contribution is -2.29. The Hall–Kier alpha value is -3.06. The van der Waals surface area contributed by atoms with E-state index in [2.05, 4.69) is 103 Å². The second-order valence-electron chi connectivity index (χ2n) is 7.81. The van der Waals surface area contributed by atoms with E-state index in [1.165, 1.54) is 60.3 Å². The predicted molar refractivity (Wildman–Crippen MR) is 127 cm³/mol. The maximum absolute atomic E-state index is 4.47. The molecule has 0 amide bonds. The third-order valence-corrected chi connectivity index (χ3v) is 5.88. The number of rotatable bonds is 5. The van der Waals surface area contributed by atoms with Crippen LogP contribution in [-0.4, -0.2) is 13.1 Å². The van der Waals surface area contributed by atoms with Crippen LogP contribution >= 0.6 is 0 Å². The number of nitrogens with zero attached hydrogens (tertiary/aromatic N) is 1. The summed E-state index contributed by atoms with van der Waals surface area (Å²) in [5.74, 6) is 0. The van der Waals surface area contributed by atoms with Crippen molar-refractivity contribution in [2.45, 2.75) is 26.2 Å². The first-order valence-electron chi connectivity index (χ1n) is 10.6. The monoisotopic (exact) mass is 379 g/mol. The first-order chi connectivity index (χ1) is 14.2. The van der Waals surface area contributed by atoms with Gasteiger partial charge in [-0.05, 0) is 71.7 Å². The molecule has 3 aromatic carbocycles. The number of allylic oxidation sites excluding steroid dienone is 3. The molecule has 146 valence electrons. The second-order valence-corrected chi connectivity index (χ2v) is 7.81. The first kappa shape index (κ1) is 19.3. The van der Waals surface area contributed by atoms with E-state index < -0.39 is 0 Å². The standard InChI is InChI=1S/C28H29N/c1-22(24-12-6-3-7-13-24)28(26-14-8-4-9-15-26)23(2)25-16-18-27(19-17-25)29-20-10-5-11-21-29/h3-4,6-9,12-19H,1,5,10-11,20-21H2,2H3/b28-23-. The highest BCUT2D eigenvalue weighted by Gasteiger charge is 2.14. The molecule has 0 radical (unpaired) electrons. The van der Waals surface area contributed by atoms with E-state index in [1.807, 2.05) is 0 Å². The average Bonchev–Trinajstić information content (AvgIpc) is 2.81. The number of hydrogen-bond donors (Lipinski definition) is 0. The number of piperidine rings is 1. The minimum atomic E-state index is 1.06. The fourth-order valence-electron chi connectivity index (χ4n) is 4.22. The Morgan fingerprint density at radius 1 is 0.655 bits per heavy atom. The summed E-state index contributed by atoms with van der Waals surface area (Å²) in [6.45, 7) is 9.04. The zero-order chi connectivity index (χ0) is 20.1. The van der Waals surface area contributed by atoms with Crippen LogP contribution in [0.2, 0.25) is 0 Å². The quantitative estimate of drug-likeness (QED) is 0.331. The third-order valence-electron chi connectivity index (χ3n) is 5.88. The van der Waals surface area contributed by atoms with Gasteiger partial charge >= 0.3 is 0 Å². The van der Waals surface area contributed by atoms with Gasteiger partial charge in [0.15, 0.2) is 0 Å². The molecule has 1 heteroatoms. The van der Waals surface area contributed by atoms with E-state index in [1.54, 1.807) is 0 Å². The van der Waals surface area contributed by atoms with E-state index in [0.29, 0.717) is 0 Å². The summed E-state index contributed by atoms with van der Waals surface area (Å²) in [6, 6.07) is 30.2. The summed E-state index contributed by atoms with van der Waals surface area (Å²) < 4.78 is 0. The Labute approximate surface area is 175 Å². The zero-order valence-corrected chi connectivity index (χ0v) is 17.3. The topological polar surface area (TPSA) is 3.24 Å². The largest absolute Gasteiger partial charge is 0.372 e. The molecule has 0 aromatic heterocycles. The Kier molecular flexibility index (Phi) is 5.95. The molecule has 29 heavy (non-hydrogen) atoms. The van der Waals surface area contributed by atoms with Gasteiger partial charge < -0.3 is 4.90 Å².